The molecule has 1 unspecified atom stereocenters. The standard InChI is InChI=1S/C12H17NO/c1-3-11-5-4-10(7-12(11)13)6-9(2)8-14/h4-5,7-9H,3,6,13H2,1-2H3. The Balaban J connectivity index is 2.80. The number of carbonyl (C=O) groups is 1. The Hall–Kier alpha value is -1.31. The van der Waals surface area contributed by atoms with E-state index >= 15 is 0 Å². The van der Waals surface area contributed by atoms with Crippen molar-refractivity contribution in [3.8, 4) is 0 Å². The van der Waals surface area contributed by atoms with E-state index in [1.54, 1.807) is 0 Å². The predicted molar refractivity (Wildman–Crippen MR) is 59.2 cm³/mol. The van der Waals surface area contributed by atoms with E-state index in [9.17, 15) is 4.79 Å². The van der Waals surface area contributed by atoms with Crippen LogP contribution in [-0.2, 0) is 17.6 Å². The predicted octanol–water partition coefficient (Wildman–Crippen LogP) is 2.21. The van der Waals surface area contributed by atoms with Crippen LogP contribution in [0.1, 0.15) is 25.0 Å². The molecule has 2 heteroatoms. The maximum atomic E-state index is 10.5. The molecule has 0 saturated heterocycles. The third-order valence-electron chi connectivity index (χ3n) is 2.38. The minimum atomic E-state index is 0.0712. The molecule has 0 radical (unpaired) electrons. The lowest BCUT2D eigenvalue weighted by Crippen LogP contribution is -2.02. The van der Waals surface area contributed by atoms with Crippen molar-refractivity contribution in [1.29, 1.82) is 0 Å². The maximum Gasteiger partial charge on any atom is 0.123 e. The van der Waals surface area contributed by atoms with Gasteiger partial charge in [0.25, 0.3) is 0 Å². The van der Waals surface area contributed by atoms with Crippen LogP contribution in [0.2, 0.25) is 0 Å². The van der Waals surface area contributed by atoms with Gasteiger partial charge in [-0.05, 0) is 30.0 Å². The number of carbonyl (C=O) groups excluding carboxylic acids is 1. The topological polar surface area (TPSA) is 43.1 Å². The van der Waals surface area contributed by atoms with Crippen LogP contribution in [0.5, 0.6) is 0 Å². The van der Waals surface area contributed by atoms with Gasteiger partial charge in [-0.15, -0.1) is 0 Å². The lowest BCUT2D eigenvalue weighted by molar-refractivity contribution is -0.110. The van der Waals surface area contributed by atoms with Crippen molar-refractivity contribution in [3.05, 3.63) is 29.3 Å². The molecule has 14 heavy (non-hydrogen) atoms. The number of nitrogen functional groups attached to an aromatic ring is 1. The van der Waals surface area contributed by atoms with Gasteiger partial charge >= 0.3 is 0 Å². The van der Waals surface area contributed by atoms with Crippen LogP contribution in [0.4, 0.5) is 5.69 Å². The Morgan fingerprint density at radius 3 is 2.71 bits per heavy atom. The summed E-state index contributed by atoms with van der Waals surface area (Å²) in [7, 11) is 0. The fraction of sp³-hybridized carbons (Fsp3) is 0.417. The SMILES string of the molecule is CCc1ccc(CC(C)C=O)cc1N. The Bertz CT molecular complexity index is 320. The zero-order valence-electron chi connectivity index (χ0n) is 8.79. The largest absolute Gasteiger partial charge is 0.398 e. The highest BCUT2D eigenvalue weighted by Crippen LogP contribution is 2.16. The average Bonchev–Trinajstić information content (AvgIpc) is 2.18. The zero-order valence-corrected chi connectivity index (χ0v) is 8.79. The molecule has 0 aliphatic heterocycles. The maximum absolute atomic E-state index is 10.5. The molecule has 0 bridgehead atoms. The molecule has 0 aliphatic rings. The smallest absolute Gasteiger partial charge is 0.123 e. The van der Waals surface area contributed by atoms with Crippen molar-refractivity contribution in [1.82, 2.24) is 0 Å². The minimum absolute atomic E-state index is 0.0712. The molecule has 76 valence electrons. The number of hydrogen-bond donors (Lipinski definition) is 1. The van der Waals surface area contributed by atoms with Crippen molar-refractivity contribution in [3.63, 3.8) is 0 Å². The van der Waals surface area contributed by atoms with Crippen LogP contribution >= 0.6 is 0 Å². The summed E-state index contributed by atoms with van der Waals surface area (Å²) < 4.78 is 0. The number of rotatable bonds is 4. The molecule has 0 aromatic heterocycles. The highest BCUT2D eigenvalue weighted by Gasteiger charge is 2.03. The zero-order chi connectivity index (χ0) is 10.6. The lowest BCUT2D eigenvalue weighted by Gasteiger charge is -2.07. The summed E-state index contributed by atoms with van der Waals surface area (Å²) >= 11 is 0. The molecule has 1 atom stereocenters. The van der Waals surface area contributed by atoms with Crippen LogP contribution in [0.15, 0.2) is 18.2 Å². The van der Waals surface area contributed by atoms with Gasteiger partial charge in [0.05, 0.1) is 0 Å². The van der Waals surface area contributed by atoms with Crippen LogP contribution in [0, 0.1) is 5.92 Å². The third-order valence-corrected chi connectivity index (χ3v) is 2.38. The van der Waals surface area contributed by atoms with Crippen LogP contribution in [0.25, 0.3) is 0 Å². The molecule has 0 spiro atoms. The van der Waals surface area contributed by atoms with Gasteiger partial charge in [-0.1, -0.05) is 26.0 Å². The molecule has 0 aliphatic carbocycles. The van der Waals surface area contributed by atoms with Crippen molar-refractivity contribution in [2.45, 2.75) is 26.7 Å². The fourth-order valence-electron chi connectivity index (χ4n) is 1.51. The molecule has 2 nitrogen and oxygen atoms in total. The normalized spacial score (nSPS) is 12.4. The summed E-state index contributed by atoms with van der Waals surface area (Å²) in [5.74, 6) is 0.0712. The minimum Gasteiger partial charge on any atom is -0.398 e. The highest BCUT2D eigenvalue weighted by molar-refractivity contribution is 5.55. The Morgan fingerprint density at radius 1 is 1.50 bits per heavy atom. The highest BCUT2D eigenvalue weighted by atomic mass is 16.1. The number of aldehydes is 1. The number of nitrogens with two attached hydrogens (primary N) is 1. The number of benzene rings is 1. The molecular weight excluding hydrogens is 174 g/mol. The monoisotopic (exact) mass is 191 g/mol. The molecular formula is C12H17NO. The van der Waals surface area contributed by atoms with Gasteiger partial charge < -0.3 is 10.5 Å². The van der Waals surface area contributed by atoms with Gasteiger partial charge in [0.15, 0.2) is 0 Å². The summed E-state index contributed by atoms with van der Waals surface area (Å²) in [5.41, 5.74) is 9.01. The molecule has 1 rings (SSSR count). The molecule has 0 fully saturated rings. The van der Waals surface area contributed by atoms with Gasteiger partial charge in [-0.3, -0.25) is 0 Å². The molecule has 1 aromatic rings. The Kier molecular flexibility index (Phi) is 3.69. The Morgan fingerprint density at radius 2 is 2.21 bits per heavy atom. The Labute approximate surface area is 85.1 Å². The van der Waals surface area contributed by atoms with Crippen LogP contribution in [-0.4, -0.2) is 6.29 Å². The summed E-state index contributed by atoms with van der Waals surface area (Å²) in [6, 6.07) is 6.07. The second kappa shape index (κ2) is 4.80. The van der Waals surface area contributed by atoms with Gasteiger partial charge in [-0.2, -0.15) is 0 Å². The van der Waals surface area contributed by atoms with Crippen molar-refractivity contribution in [2.24, 2.45) is 5.92 Å². The second-order valence-corrected chi connectivity index (χ2v) is 3.70. The van der Waals surface area contributed by atoms with Gasteiger partial charge in [0.2, 0.25) is 0 Å². The van der Waals surface area contributed by atoms with E-state index in [2.05, 4.69) is 13.0 Å². The first-order valence-electron chi connectivity index (χ1n) is 5.00. The molecule has 0 amide bonds. The van der Waals surface area contributed by atoms with Gasteiger partial charge in [-0.25, -0.2) is 0 Å². The number of hydrogen-bond acceptors (Lipinski definition) is 2. The first-order valence-corrected chi connectivity index (χ1v) is 5.00. The summed E-state index contributed by atoms with van der Waals surface area (Å²) in [6.07, 6.45) is 2.71. The average molecular weight is 191 g/mol. The van der Waals surface area contributed by atoms with E-state index in [0.717, 1.165) is 30.4 Å². The molecule has 0 saturated carbocycles. The van der Waals surface area contributed by atoms with Crippen molar-refractivity contribution >= 4 is 12.0 Å². The van der Waals surface area contributed by atoms with E-state index < -0.39 is 0 Å². The first-order chi connectivity index (χ1) is 6.67. The van der Waals surface area contributed by atoms with Crippen molar-refractivity contribution in [2.75, 3.05) is 5.73 Å². The quantitative estimate of drug-likeness (QED) is 0.585. The van der Waals surface area contributed by atoms with Gasteiger partial charge in [0.1, 0.15) is 6.29 Å². The summed E-state index contributed by atoms with van der Waals surface area (Å²) in [5, 5.41) is 0. The summed E-state index contributed by atoms with van der Waals surface area (Å²) in [4.78, 5) is 10.5. The van der Waals surface area contributed by atoms with E-state index in [0.29, 0.717) is 0 Å². The molecule has 0 heterocycles. The number of aryl methyl sites for hydroxylation is 1. The second-order valence-electron chi connectivity index (χ2n) is 3.70. The third kappa shape index (κ3) is 2.59. The molecule has 1 aromatic carbocycles. The number of anilines is 1. The fourth-order valence-corrected chi connectivity index (χ4v) is 1.51. The van der Waals surface area contributed by atoms with E-state index in [1.807, 2.05) is 19.1 Å². The van der Waals surface area contributed by atoms with E-state index in [4.69, 9.17) is 5.73 Å². The molecule has 2 N–H and O–H groups in total. The van der Waals surface area contributed by atoms with Crippen LogP contribution in [0.3, 0.4) is 0 Å². The first kappa shape index (κ1) is 10.8. The van der Waals surface area contributed by atoms with Crippen LogP contribution < -0.4 is 5.73 Å². The van der Waals surface area contributed by atoms with E-state index in [-0.39, 0.29) is 5.92 Å². The van der Waals surface area contributed by atoms with Crippen molar-refractivity contribution < 1.29 is 4.79 Å². The van der Waals surface area contributed by atoms with Gasteiger partial charge in [0, 0.05) is 11.6 Å². The lowest BCUT2D eigenvalue weighted by atomic mass is 9.99. The van der Waals surface area contributed by atoms with E-state index in [1.165, 1.54) is 5.56 Å². The summed E-state index contributed by atoms with van der Waals surface area (Å²) in [6.45, 7) is 4.00.